The van der Waals surface area contributed by atoms with Crippen LogP contribution in [0.25, 0.3) is 5.70 Å². The molecule has 0 fully saturated rings. The Balaban J connectivity index is 2.40. The highest BCUT2D eigenvalue weighted by Crippen LogP contribution is 2.45. The number of allylic oxidation sites excluding steroid dienone is 1. The number of benzene rings is 2. The lowest BCUT2D eigenvalue weighted by Crippen LogP contribution is -2.32. The van der Waals surface area contributed by atoms with E-state index in [1.54, 1.807) is 24.3 Å². The average Bonchev–Trinajstić information content (AvgIpc) is 2.78. The van der Waals surface area contributed by atoms with Crippen molar-refractivity contribution in [1.29, 1.82) is 5.26 Å². The number of nitriles is 1. The maximum absolute atomic E-state index is 13.9. The Morgan fingerprint density at radius 3 is 2.39 bits per heavy atom. The third-order valence-corrected chi connectivity index (χ3v) is 5.28. The van der Waals surface area contributed by atoms with Crippen molar-refractivity contribution in [2.24, 2.45) is 0 Å². The first kappa shape index (κ1) is 24.3. The molecule has 1 atom stereocenters. The zero-order valence-corrected chi connectivity index (χ0v) is 18.1. The van der Waals surface area contributed by atoms with Crippen molar-refractivity contribution in [1.82, 2.24) is 5.32 Å². The van der Waals surface area contributed by atoms with Crippen LogP contribution in [0.4, 0.5) is 17.6 Å². The molecule has 1 heterocycles. The van der Waals surface area contributed by atoms with Crippen molar-refractivity contribution < 1.29 is 31.8 Å². The average molecular weight is 481 g/mol. The lowest BCUT2D eigenvalue weighted by atomic mass is 9.78. The molecule has 1 aliphatic heterocycles. The maximum Gasteiger partial charge on any atom is 0.416 e. The number of alkyl halides is 3. The first-order valence-electron chi connectivity index (χ1n) is 9.46. The van der Waals surface area contributed by atoms with Crippen molar-refractivity contribution in [2.75, 3.05) is 20.8 Å². The molecule has 5 nitrogen and oxygen atoms in total. The highest BCUT2D eigenvalue weighted by molar-refractivity contribution is 6.30. The van der Waals surface area contributed by atoms with Crippen LogP contribution in [-0.2, 0) is 20.4 Å². The maximum atomic E-state index is 13.9. The van der Waals surface area contributed by atoms with Crippen LogP contribution < -0.4 is 5.32 Å². The summed E-state index contributed by atoms with van der Waals surface area (Å²) < 4.78 is 65.4. The first-order valence-corrected chi connectivity index (χ1v) is 9.84. The molecule has 0 bridgehead atoms. The van der Waals surface area contributed by atoms with E-state index in [0.717, 1.165) is 19.2 Å². The van der Waals surface area contributed by atoms with Gasteiger partial charge in [0.2, 0.25) is 0 Å². The van der Waals surface area contributed by atoms with Gasteiger partial charge in [0, 0.05) is 12.1 Å². The van der Waals surface area contributed by atoms with Gasteiger partial charge in [0.15, 0.2) is 0 Å². The number of hydrogen-bond acceptors (Lipinski definition) is 5. The fraction of sp³-hybridized carbons (Fsp3) is 0.217. The van der Waals surface area contributed by atoms with Crippen LogP contribution in [0.1, 0.15) is 22.6 Å². The van der Waals surface area contributed by atoms with Gasteiger partial charge in [-0.05, 0) is 35.4 Å². The molecule has 0 saturated heterocycles. The second-order valence-corrected chi connectivity index (χ2v) is 7.45. The number of carbonyl (C=O) groups excluding carboxylic acids is 1. The fourth-order valence-electron chi connectivity index (χ4n) is 3.66. The lowest BCUT2D eigenvalue weighted by molar-refractivity contribution is -0.139. The van der Waals surface area contributed by atoms with E-state index < -0.39 is 35.0 Å². The standard InChI is InChI=1S/C23H17ClF4N2O3/c1-32-11-18-20(22(31)33-2)19(15-8-7-14(25)9-17(15)23(26,27)28)16(10-29)21(30-18)12-3-5-13(24)6-4-12/h3-9,19,30H,11H2,1-2H3. The number of esters is 1. The summed E-state index contributed by atoms with van der Waals surface area (Å²) in [4.78, 5) is 12.7. The van der Waals surface area contributed by atoms with Crippen molar-refractivity contribution in [3.05, 3.63) is 86.8 Å². The van der Waals surface area contributed by atoms with Gasteiger partial charge in [-0.2, -0.15) is 18.4 Å². The van der Waals surface area contributed by atoms with Gasteiger partial charge in [0.05, 0.1) is 53.8 Å². The number of nitrogens with zero attached hydrogens (tertiary/aromatic N) is 1. The highest BCUT2D eigenvalue weighted by Gasteiger charge is 2.42. The minimum atomic E-state index is -4.95. The molecule has 10 heteroatoms. The molecule has 0 spiro atoms. The summed E-state index contributed by atoms with van der Waals surface area (Å²) in [7, 11) is 2.40. The summed E-state index contributed by atoms with van der Waals surface area (Å²) in [5.41, 5.74) is -1.50. The number of halogens is 5. The summed E-state index contributed by atoms with van der Waals surface area (Å²) in [5, 5.41) is 13.4. The van der Waals surface area contributed by atoms with E-state index in [-0.39, 0.29) is 29.1 Å². The Kier molecular flexibility index (Phi) is 7.10. The van der Waals surface area contributed by atoms with Crippen molar-refractivity contribution in [2.45, 2.75) is 12.1 Å². The van der Waals surface area contributed by atoms with Gasteiger partial charge in [0.25, 0.3) is 0 Å². The van der Waals surface area contributed by atoms with E-state index in [2.05, 4.69) is 5.32 Å². The van der Waals surface area contributed by atoms with Gasteiger partial charge in [-0.1, -0.05) is 29.8 Å². The van der Waals surface area contributed by atoms with E-state index in [4.69, 9.17) is 21.1 Å². The summed E-state index contributed by atoms with van der Waals surface area (Å²) in [6.07, 6.45) is -4.95. The normalized spacial score (nSPS) is 16.4. The molecule has 0 radical (unpaired) electrons. The largest absolute Gasteiger partial charge is 0.466 e. The van der Waals surface area contributed by atoms with E-state index in [1.165, 1.54) is 7.11 Å². The number of methoxy groups -OCH3 is 2. The van der Waals surface area contributed by atoms with Gasteiger partial charge in [-0.25, -0.2) is 9.18 Å². The smallest absolute Gasteiger partial charge is 0.416 e. The Morgan fingerprint density at radius 1 is 1.18 bits per heavy atom. The van der Waals surface area contributed by atoms with Crippen LogP contribution in [0.2, 0.25) is 5.02 Å². The molecule has 1 unspecified atom stereocenters. The minimum Gasteiger partial charge on any atom is -0.466 e. The van der Waals surface area contributed by atoms with Gasteiger partial charge >= 0.3 is 12.1 Å². The Bertz CT molecular complexity index is 1180. The van der Waals surface area contributed by atoms with E-state index in [9.17, 15) is 27.6 Å². The Morgan fingerprint density at radius 2 is 1.85 bits per heavy atom. The molecular weight excluding hydrogens is 464 g/mol. The number of nitrogens with one attached hydrogen (secondary N) is 1. The Hall–Kier alpha value is -3.35. The quantitative estimate of drug-likeness (QED) is 0.471. The molecule has 2 aromatic rings. The molecule has 3 rings (SSSR count). The van der Waals surface area contributed by atoms with Gasteiger partial charge in [-0.15, -0.1) is 0 Å². The van der Waals surface area contributed by atoms with Crippen LogP contribution in [0.3, 0.4) is 0 Å². The van der Waals surface area contributed by atoms with Crippen LogP contribution >= 0.6 is 11.6 Å². The second-order valence-electron chi connectivity index (χ2n) is 7.01. The monoisotopic (exact) mass is 480 g/mol. The van der Waals surface area contributed by atoms with Gasteiger partial charge in [0.1, 0.15) is 5.82 Å². The van der Waals surface area contributed by atoms with Gasteiger partial charge < -0.3 is 14.8 Å². The van der Waals surface area contributed by atoms with Crippen molar-refractivity contribution >= 4 is 23.3 Å². The molecule has 172 valence electrons. The van der Waals surface area contributed by atoms with E-state index in [0.29, 0.717) is 16.7 Å². The summed E-state index contributed by atoms with van der Waals surface area (Å²) in [6.45, 7) is -0.195. The summed E-state index contributed by atoms with van der Waals surface area (Å²) >= 11 is 5.94. The number of ether oxygens (including phenoxy) is 2. The zero-order valence-electron chi connectivity index (χ0n) is 17.4. The first-order chi connectivity index (χ1) is 15.6. The SMILES string of the molecule is COCC1=C(C(=O)OC)C(c2ccc(F)cc2C(F)(F)F)C(C#N)=C(c2ccc(Cl)cc2)N1. The van der Waals surface area contributed by atoms with Gasteiger partial charge in [-0.3, -0.25) is 0 Å². The molecule has 2 aromatic carbocycles. The molecule has 33 heavy (non-hydrogen) atoms. The number of carbonyl (C=O) groups is 1. The van der Waals surface area contributed by atoms with E-state index in [1.807, 2.05) is 6.07 Å². The molecule has 0 aliphatic carbocycles. The molecule has 0 saturated carbocycles. The topological polar surface area (TPSA) is 71.3 Å². The lowest BCUT2D eigenvalue weighted by Gasteiger charge is -2.32. The third-order valence-electron chi connectivity index (χ3n) is 5.03. The molecule has 1 N–H and O–H groups in total. The van der Waals surface area contributed by atoms with Crippen LogP contribution in [0, 0.1) is 17.1 Å². The predicted molar refractivity (Wildman–Crippen MR) is 112 cm³/mol. The number of dihydropyridines is 1. The highest BCUT2D eigenvalue weighted by atomic mass is 35.5. The minimum absolute atomic E-state index is 0.107. The zero-order chi connectivity index (χ0) is 24.3. The molecule has 1 aliphatic rings. The van der Waals surface area contributed by atoms with Crippen molar-refractivity contribution in [3.8, 4) is 6.07 Å². The third kappa shape index (κ3) is 4.87. The van der Waals surface area contributed by atoms with Crippen molar-refractivity contribution in [3.63, 3.8) is 0 Å². The summed E-state index contributed by atoms with van der Waals surface area (Å²) in [5.74, 6) is -3.57. The number of hydrogen-bond donors (Lipinski definition) is 1. The predicted octanol–water partition coefficient (Wildman–Crippen LogP) is 5.19. The molecule has 0 aromatic heterocycles. The van der Waals surface area contributed by atoms with Crippen LogP contribution in [-0.4, -0.2) is 26.8 Å². The van der Waals surface area contributed by atoms with Crippen LogP contribution in [0.5, 0.6) is 0 Å². The Labute approximate surface area is 191 Å². The fourth-order valence-corrected chi connectivity index (χ4v) is 3.79. The molecular formula is C23H17ClF4N2O3. The van der Waals surface area contributed by atoms with Crippen LogP contribution in [0.15, 0.2) is 59.3 Å². The number of rotatable bonds is 5. The summed E-state index contributed by atoms with van der Waals surface area (Å²) in [6, 6.07) is 10.2. The van der Waals surface area contributed by atoms with E-state index >= 15 is 0 Å². The second kappa shape index (κ2) is 9.65. The molecule has 0 amide bonds.